The van der Waals surface area contributed by atoms with Gasteiger partial charge in [-0.3, -0.25) is 0 Å². The van der Waals surface area contributed by atoms with Gasteiger partial charge >= 0.3 is 0 Å². The van der Waals surface area contributed by atoms with Crippen LogP contribution in [0.2, 0.25) is 0 Å². The summed E-state index contributed by atoms with van der Waals surface area (Å²) in [6, 6.07) is 10.6. The number of aromatic hydroxyl groups is 6. The average molecular weight is 340 g/mol. The average Bonchev–Trinajstić information content (AvgIpc) is 2.59. The lowest BCUT2D eigenvalue weighted by atomic mass is 9.94. The molecule has 0 fully saturated rings. The van der Waals surface area contributed by atoms with Crippen molar-refractivity contribution in [2.45, 2.75) is 6.92 Å². The molecule has 6 nitrogen and oxygen atoms in total. The van der Waals surface area contributed by atoms with Crippen molar-refractivity contribution >= 4 is 0 Å². The highest BCUT2D eigenvalue weighted by molar-refractivity contribution is 5.83. The predicted molar refractivity (Wildman–Crippen MR) is 92.0 cm³/mol. The lowest BCUT2D eigenvalue weighted by Crippen LogP contribution is -1.88. The highest BCUT2D eigenvalue weighted by atomic mass is 16.3. The van der Waals surface area contributed by atoms with E-state index in [1.165, 1.54) is 24.3 Å². The molecule has 0 bridgehead atoms. The minimum Gasteiger partial charge on any atom is -0.504 e. The summed E-state index contributed by atoms with van der Waals surface area (Å²) in [6.07, 6.45) is 0. The van der Waals surface area contributed by atoms with Gasteiger partial charge in [0.05, 0.1) is 0 Å². The zero-order valence-corrected chi connectivity index (χ0v) is 13.2. The molecule has 3 aromatic rings. The Morgan fingerprint density at radius 3 is 1.64 bits per heavy atom. The van der Waals surface area contributed by atoms with E-state index >= 15 is 0 Å². The minimum absolute atomic E-state index is 0.291. The lowest BCUT2D eigenvalue weighted by Gasteiger charge is -2.13. The van der Waals surface area contributed by atoms with Crippen LogP contribution in [-0.4, -0.2) is 30.6 Å². The van der Waals surface area contributed by atoms with Crippen molar-refractivity contribution in [3.05, 3.63) is 48.0 Å². The van der Waals surface area contributed by atoms with Gasteiger partial charge in [0, 0.05) is 11.1 Å². The summed E-state index contributed by atoms with van der Waals surface area (Å²) in [6.45, 7) is 1.80. The smallest absolute Gasteiger partial charge is 0.200 e. The molecule has 0 aliphatic rings. The van der Waals surface area contributed by atoms with Gasteiger partial charge in [-0.15, -0.1) is 0 Å². The Bertz CT molecular complexity index is 978. The quantitative estimate of drug-likeness (QED) is 0.397. The number of hydrogen-bond acceptors (Lipinski definition) is 6. The van der Waals surface area contributed by atoms with E-state index in [1.54, 1.807) is 25.1 Å². The van der Waals surface area contributed by atoms with Crippen molar-refractivity contribution in [1.82, 2.24) is 0 Å². The molecule has 0 spiro atoms. The van der Waals surface area contributed by atoms with Gasteiger partial charge in [0.1, 0.15) is 0 Å². The molecule has 0 radical (unpaired) electrons. The van der Waals surface area contributed by atoms with Gasteiger partial charge in [-0.2, -0.15) is 0 Å². The molecule has 0 aliphatic heterocycles. The molecule has 0 saturated heterocycles. The maximum atomic E-state index is 10.1. The molecule has 3 rings (SSSR count). The van der Waals surface area contributed by atoms with Crippen LogP contribution in [0.1, 0.15) is 5.56 Å². The molecule has 0 aromatic heterocycles. The molecule has 0 aliphatic carbocycles. The fourth-order valence-electron chi connectivity index (χ4n) is 2.67. The Kier molecular flexibility index (Phi) is 3.81. The maximum absolute atomic E-state index is 10.1. The monoisotopic (exact) mass is 340 g/mol. The second-order valence-electron chi connectivity index (χ2n) is 5.69. The Morgan fingerprint density at radius 2 is 1.04 bits per heavy atom. The first kappa shape index (κ1) is 16.3. The molecule has 0 amide bonds. The van der Waals surface area contributed by atoms with Crippen LogP contribution in [0.25, 0.3) is 22.3 Å². The van der Waals surface area contributed by atoms with E-state index in [-0.39, 0.29) is 0 Å². The summed E-state index contributed by atoms with van der Waals surface area (Å²) in [5.41, 5.74) is 2.47. The predicted octanol–water partition coefficient (Wildman–Crippen LogP) is 3.56. The third-order valence-corrected chi connectivity index (χ3v) is 4.10. The number of aryl methyl sites for hydroxylation is 1. The molecule has 0 unspecified atom stereocenters. The molecule has 0 saturated carbocycles. The molecule has 128 valence electrons. The fourth-order valence-corrected chi connectivity index (χ4v) is 2.67. The number of phenols is 6. The topological polar surface area (TPSA) is 121 Å². The zero-order chi connectivity index (χ0) is 18.3. The largest absolute Gasteiger partial charge is 0.504 e. The van der Waals surface area contributed by atoms with Crippen LogP contribution < -0.4 is 0 Å². The van der Waals surface area contributed by atoms with E-state index in [2.05, 4.69) is 0 Å². The van der Waals surface area contributed by atoms with Crippen LogP contribution in [0.4, 0.5) is 0 Å². The van der Waals surface area contributed by atoms with Crippen LogP contribution in [0.5, 0.6) is 34.5 Å². The highest BCUT2D eigenvalue weighted by Gasteiger charge is 2.17. The number of hydrogen-bond donors (Lipinski definition) is 6. The molecule has 0 heterocycles. The van der Waals surface area contributed by atoms with Crippen molar-refractivity contribution in [3.63, 3.8) is 0 Å². The van der Waals surface area contributed by atoms with E-state index in [9.17, 15) is 30.6 Å². The third-order valence-electron chi connectivity index (χ3n) is 4.10. The van der Waals surface area contributed by atoms with E-state index in [0.29, 0.717) is 22.3 Å². The van der Waals surface area contributed by atoms with E-state index in [4.69, 9.17) is 0 Å². The van der Waals surface area contributed by atoms with Gasteiger partial charge in [0.25, 0.3) is 0 Å². The van der Waals surface area contributed by atoms with Crippen LogP contribution in [0.15, 0.2) is 42.5 Å². The van der Waals surface area contributed by atoms with Gasteiger partial charge in [-0.05, 0) is 53.9 Å². The van der Waals surface area contributed by atoms with Gasteiger partial charge in [-0.25, -0.2) is 0 Å². The van der Waals surface area contributed by atoms with Crippen LogP contribution >= 0.6 is 0 Å². The Morgan fingerprint density at radius 1 is 0.520 bits per heavy atom. The normalized spacial score (nSPS) is 10.8. The number of phenolic OH excluding ortho intramolecular Hbond substituents is 6. The van der Waals surface area contributed by atoms with Gasteiger partial charge < -0.3 is 30.6 Å². The highest BCUT2D eigenvalue weighted by Crippen LogP contribution is 2.46. The summed E-state index contributed by atoms with van der Waals surface area (Å²) in [7, 11) is 0. The summed E-state index contributed by atoms with van der Waals surface area (Å²) in [4.78, 5) is 0. The van der Waals surface area contributed by atoms with Crippen molar-refractivity contribution in [2.24, 2.45) is 0 Å². The van der Waals surface area contributed by atoms with Crippen molar-refractivity contribution in [3.8, 4) is 56.8 Å². The second-order valence-corrected chi connectivity index (χ2v) is 5.69. The summed E-state index contributed by atoms with van der Waals surface area (Å²) < 4.78 is 0. The fraction of sp³-hybridized carbons (Fsp3) is 0.0526. The third kappa shape index (κ3) is 2.63. The lowest BCUT2D eigenvalue weighted by molar-refractivity contribution is 0.369. The molecule has 0 atom stereocenters. The summed E-state index contributed by atoms with van der Waals surface area (Å²) in [5.74, 6) is -3.03. The van der Waals surface area contributed by atoms with Crippen molar-refractivity contribution in [1.29, 1.82) is 0 Å². The van der Waals surface area contributed by atoms with Crippen LogP contribution in [0.3, 0.4) is 0 Å². The number of rotatable bonds is 2. The second kappa shape index (κ2) is 5.83. The van der Waals surface area contributed by atoms with Gasteiger partial charge in [0.15, 0.2) is 23.0 Å². The van der Waals surface area contributed by atoms with Crippen LogP contribution in [0, 0.1) is 6.92 Å². The molecule has 6 N–H and O–H groups in total. The van der Waals surface area contributed by atoms with E-state index in [1.807, 2.05) is 0 Å². The Balaban J connectivity index is 2.21. The zero-order valence-electron chi connectivity index (χ0n) is 13.2. The standard InChI is InChI=1S/C19H16O6/c1-9-2-3-10(11-4-6-14(20)18(24)16(11)22)8-13(9)12-5-7-15(21)19(25)17(12)23/h2-8,20-25H,1H3. The first-order valence-electron chi connectivity index (χ1n) is 7.40. The van der Waals surface area contributed by atoms with Gasteiger partial charge in [0.2, 0.25) is 11.5 Å². The SMILES string of the molecule is Cc1ccc(-c2ccc(O)c(O)c2O)cc1-c1ccc(O)c(O)c1O. The molecular formula is C19H16O6. The Labute approximate surface area is 143 Å². The van der Waals surface area contributed by atoms with Crippen LogP contribution in [-0.2, 0) is 0 Å². The molecule has 3 aromatic carbocycles. The van der Waals surface area contributed by atoms with E-state index < -0.39 is 34.5 Å². The first-order valence-corrected chi connectivity index (χ1v) is 7.40. The summed E-state index contributed by atoms with van der Waals surface area (Å²) in [5, 5.41) is 58.5. The van der Waals surface area contributed by atoms with Crippen molar-refractivity contribution < 1.29 is 30.6 Å². The molecular weight excluding hydrogens is 324 g/mol. The number of benzene rings is 3. The maximum Gasteiger partial charge on any atom is 0.200 e. The first-order chi connectivity index (χ1) is 11.8. The minimum atomic E-state index is -0.621. The van der Waals surface area contributed by atoms with Gasteiger partial charge in [-0.1, -0.05) is 12.1 Å². The molecule has 6 heteroatoms. The van der Waals surface area contributed by atoms with E-state index in [0.717, 1.165) is 5.56 Å². The van der Waals surface area contributed by atoms with Crippen molar-refractivity contribution in [2.75, 3.05) is 0 Å². The molecule has 25 heavy (non-hydrogen) atoms. The summed E-state index contributed by atoms with van der Waals surface area (Å²) >= 11 is 0. The Hall–Kier alpha value is -3.54.